The number of hydrogen-bond acceptors (Lipinski definition) is 3. The topological polar surface area (TPSA) is 27.7 Å². The number of unbranched alkanes of at least 4 members (excludes halogenated alkanes) is 4. The van der Waals surface area contributed by atoms with Crippen LogP contribution in [0.3, 0.4) is 0 Å². The Morgan fingerprint density at radius 1 is 0.457 bits per heavy atom. The van der Waals surface area contributed by atoms with E-state index < -0.39 is 0 Å². The molecule has 0 N–H and O–H groups in total. The van der Waals surface area contributed by atoms with E-state index in [1.165, 1.54) is 12.8 Å². The van der Waals surface area contributed by atoms with Gasteiger partial charge in [-0.05, 0) is 77.0 Å². The molecule has 0 heterocycles. The highest BCUT2D eigenvalue weighted by Gasteiger charge is 2.14. The van der Waals surface area contributed by atoms with Crippen LogP contribution in [0.5, 0.6) is 0 Å². The summed E-state index contributed by atoms with van der Waals surface area (Å²) >= 11 is 0. The lowest BCUT2D eigenvalue weighted by Gasteiger charge is -2.22. The van der Waals surface area contributed by atoms with Crippen molar-refractivity contribution in [1.29, 1.82) is 0 Å². The lowest BCUT2D eigenvalue weighted by Crippen LogP contribution is -2.25. The second-order valence-electron chi connectivity index (χ2n) is 8.60. The van der Waals surface area contributed by atoms with Gasteiger partial charge >= 0.3 is 0 Å². The summed E-state index contributed by atoms with van der Waals surface area (Å²) in [6.45, 7) is 4.33. The van der Waals surface area contributed by atoms with E-state index in [4.69, 9.17) is 14.2 Å². The number of methoxy groups -OCH3 is 2. The molecule has 3 nitrogen and oxygen atoms in total. The largest absolute Gasteiger partial charge is 0.356 e. The Morgan fingerprint density at radius 3 is 1.17 bits per heavy atom. The number of allylic oxidation sites excluding steroid dienone is 12. The zero-order valence-corrected chi connectivity index (χ0v) is 23.2. The number of hydrogen-bond donors (Lipinski definition) is 0. The van der Waals surface area contributed by atoms with Crippen molar-refractivity contribution in [3.63, 3.8) is 0 Å². The first-order chi connectivity index (χ1) is 17.3. The zero-order chi connectivity index (χ0) is 25.7. The third-order valence-corrected chi connectivity index (χ3v) is 5.47. The van der Waals surface area contributed by atoms with Gasteiger partial charge in [-0.2, -0.15) is 0 Å². The smallest absolute Gasteiger partial charge is 0.160 e. The molecule has 200 valence electrons. The Hall–Kier alpha value is -1.68. The van der Waals surface area contributed by atoms with Crippen LogP contribution < -0.4 is 0 Å². The summed E-state index contributed by atoms with van der Waals surface area (Å²) in [6, 6.07) is 0. The Labute approximate surface area is 217 Å². The standard InChI is InChI=1S/C32H54O3/c1-5-7-9-11-13-15-17-19-21-23-25-27-29-31(33-3)35-32(34-4)30-28-26-24-22-20-18-16-14-12-10-8-6-2/h7-10,13-16,23-26,31-32H,5-6,11-12,17-22,27-30H2,1-4H3. The lowest BCUT2D eigenvalue weighted by atomic mass is 10.2. The number of rotatable bonds is 24. The molecule has 0 amide bonds. The van der Waals surface area contributed by atoms with E-state index in [1.807, 2.05) is 0 Å². The van der Waals surface area contributed by atoms with Crippen LogP contribution in [0.15, 0.2) is 72.9 Å². The van der Waals surface area contributed by atoms with E-state index in [0.29, 0.717) is 0 Å². The van der Waals surface area contributed by atoms with Crippen LogP contribution in [0.1, 0.15) is 104 Å². The normalized spacial score (nSPS) is 14.7. The summed E-state index contributed by atoms with van der Waals surface area (Å²) < 4.78 is 17.0. The second-order valence-corrected chi connectivity index (χ2v) is 8.60. The number of ether oxygens (including phenoxy) is 3. The third-order valence-electron chi connectivity index (χ3n) is 5.47. The van der Waals surface area contributed by atoms with Gasteiger partial charge in [-0.1, -0.05) is 86.8 Å². The van der Waals surface area contributed by atoms with Gasteiger partial charge in [-0.3, -0.25) is 0 Å². The summed E-state index contributed by atoms with van der Waals surface area (Å²) in [5.74, 6) is 0. The average molecular weight is 487 g/mol. The monoisotopic (exact) mass is 486 g/mol. The van der Waals surface area contributed by atoms with Gasteiger partial charge in [0.2, 0.25) is 0 Å². The zero-order valence-electron chi connectivity index (χ0n) is 23.2. The maximum absolute atomic E-state index is 6.01. The average Bonchev–Trinajstić information content (AvgIpc) is 2.88. The van der Waals surface area contributed by atoms with Gasteiger partial charge in [0.25, 0.3) is 0 Å². The van der Waals surface area contributed by atoms with E-state index >= 15 is 0 Å². The molecule has 0 aromatic carbocycles. The Morgan fingerprint density at radius 2 is 0.800 bits per heavy atom. The van der Waals surface area contributed by atoms with Crippen LogP contribution >= 0.6 is 0 Å². The molecule has 0 bridgehead atoms. The van der Waals surface area contributed by atoms with Crippen molar-refractivity contribution in [3.8, 4) is 0 Å². The maximum atomic E-state index is 6.01. The molecule has 2 unspecified atom stereocenters. The Balaban J connectivity index is 3.87. The molecule has 0 rings (SSSR count). The minimum atomic E-state index is -0.230. The molecular formula is C32H54O3. The minimum Gasteiger partial charge on any atom is -0.356 e. The van der Waals surface area contributed by atoms with Gasteiger partial charge in [-0.15, -0.1) is 0 Å². The molecule has 0 fully saturated rings. The maximum Gasteiger partial charge on any atom is 0.160 e. The molecule has 3 heteroatoms. The quantitative estimate of drug-likeness (QED) is 0.0771. The highest BCUT2D eigenvalue weighted by molar-refractivity contribution is 4.94. The van der Waals surface area contributed by atoms with Gasteiger partial charge < -0.3 is 14.2 Å². The van der Waals surface area contributed by atoms with Gasteiger partial charge in [-0.25, -0.2) is 0 Å². The Bertz CT molecular complexity index is 546. The summed E-state index contributed by atoms with van der Waals surface area (Å²) in [4.78, 5) is 0. The molecule has 0 spiro atoms. The summed E-state index contributed by atoms with van der Waals surface area (Å²) in [7, 11) is 3.41. The highest BCUT2D eigenvalue weighted by Crippen LogP contribution is 2.13. The van der Waals surface area contributed by atoms with E-state index in [0.717, 1.165) is 77.0 Å². The molecular weight excluding hydrogens is 432 g/mol. The molecule has 0 aliphatic rings. The van der Waals surface area contributed by atoms with Crippen molar-refractivity contribution in [2.75, 3.05) is 14.2 Å². The minimum absolute atomic E-state index is 0.230. The molecule has 0 saturated carbocycles. The SMILES string of the molecule is CCC=CCC=CCCCC=CCCC(OC)OC(CCC=CCCCC=CCC=CCC)OC. The van der Waals surface area contributed by atoms with Crippen molar-refractivity contribution < 1.29 is 14.2 Å². The summed E-state index contributed by atoms with van der Waals surface area (Å²) in [5.41, 5.74) is 0. The fourth-order valence-corrected chi connectivity index (χ4v) is 3.41. The van der Waals surface area contributed by atoms with Crippen LogP contribution in [0, 0.1) is 0 Å². The first-order valence-corrected chi connectivity index (χ1v) is 13.9. The van der Waals surface area contributed by atoms with Crippen LogP contribution in [-0.2, 0) is 14.2 Å². The molecule has 0 saturated heterocycles. The van der Waals surface area contributed by atoms with Gasteiger partial charge in [0.15, 0.2) is 12.6 Å². The first kappa shape index (κ1) is 33.3. The molecule has 0 aliphatic heterocycles. The lowest BCUT2D eigenvalue weighted by molar-refractivity contribution is -0.232. The van der Waals surface area contributed by atoms with E-state index in [1.54, 1.807) is 14.2 Å². The van der Waals surface area contributed by atoms with Crippen molar-refractivity contribution in [2.24, 2.45) is 0 Å². The Kier molecular flexibility index (Phi) is 27.2. The van der Waals surface area contributed by atoms with Gasteiger partial charge in [0, 0.05) is 27.1 Å². The van der Waals surface area contributed by atoms with Crippen molar-refractivity contribution in [3.05, 3.63) is 72.9 Å². The van der Waals surface area contributed by atoms with E-state index in [9.17, 15) is 0 Å². The fraction of sp³-hybridized carbons (Fsp3) is 0.625. The van der Waals surface area contributed by atoms with Crippen LogP contribution in [0.25, 0.3) is 0 Å². The third kappa shape index (κ3) is 25.2. The van der Waals surface area contributed by atoms with Gasteiger partial charge in [0.05, 0.1) is 0 Å². The van der Waals surface area contributed by atoms with Gasteiger partial charge in [0.1, 0.15) is 0 Å². The molecule has 0 aromatic heterocycles. The predicted octanol–water partition coefficient (Wildman–Crippen LogP) is 9.79. The van der Waals surface area contributed by atoms with E-state index in [-0.39, 0.29) is 12.6 Å². The summed E-state index contributed by atoms with van der Waals surface area (Å²) in [6.07, 6.45) is 41.4. The second kappa shape index (κ2) is 28.6. The van der Waals surface area contributed by atoms with E-state index in [2.05, 4.69) is 86.8 Å². The van der Waals surface area contributed by atoms with Crippen molar-refractivity contribution in [1.82, 2.24) is 0 Å². The first-order valence-electron chi connectivity index (χ1n) is 13.9. The van der Waals surface area contributed by atoms with Crippen molar-refractivity contribution >= 4 is 0 Å². The fourth-order valence-electron chi connectivity index (χ4n) is 3.41. The molecule has 0 radical (unpaired) electrons. The highest BCUT2D eigenvalue weighted by atomic mass is 16.8. The molecule has 2 atom stereocenters. The molecule has 0 aromatic rings. The van der Waals surface area contributed by atoms with Crippen molar-refractivity contribution in [2.45, 2.75) is 116 Å². The predicted molar refractivity (Wildman–Crippen MR) is 154 cm³/mol. The molecule has 35 heavy (non-hydrogen) atoms. The van der Waals surface area contributed by atoms with Crippen LogP contribution in [0.2, 0.25) is 0 Å². The van der Waals surface area contributed by atoms with Crippen LogP contribution in [0.4, 0.5) is 0 Å². The molecule has 0 aliphatic carbocycles. The summed E-state index contributed by atoms with van der Waals surface area (Å²) in [5, 5.41) is 0. The van der Waals surface area contributed by atoms with Crippen LogP contribution in [-0.4, -0.2) is 26.8 Å².